The molecule has 3 aromatic carbocycles. The molecule has 0 fully saturated rings. The first-order valence-electron chi connectivity index (χ1n) is 8.77. The Balaban J connectivity index is 2.10. The van der Waals surface area contributed by atoms with E-state index in [0.717, 1.165) is 11.1 Å². The summed E-state index contributed by atoms with van der Waals surface area (Å²) in [5.41, 5.74) is 3.36. The number of carbonyl (C=O) groups excluding carboxylic acids is 1. The number of ether oxygens (including phenoxy) is 3. The lowest BCUT2D eigenvalue weighted by molar-refractivity contribution is 0.0600. The lowest BCUT2D eigenvalue weighted by Gasteiger charge is -2.21. The minimum atomic E-state index is -1.000. The quantitative estimate of drug-likeness (QED) is 0.650. The van der Waals surface area contributed by atoms with Crippen LogP contribution in [-0.2, 0) is 4.74 Å². The summed E-state index contributed by atoms with van der Waals surface area (Å²) in [7, 11) is 4.45. The molecular formula is C23H22O5. The van der Waals surface area contributed by atoms with Crippen LogP contribution in [0.1, 0.15) is 27.6 Å². The SMILES string of the molecule is COC(=O)c1ccc(C(O)c2c(OC)ccc(-c3ccccc3)c2OC)cc1. The Morgan fingerprint density at radius 2 is 1.54 bits per heavy atom. The van der Waals surface area contributed by atoms with Crippen LogP contribution < -0.4 is 9.47 Å². The van der Waals surface area contributed by atoms with E-state index in [0.29, 0.717) is 28.2 Å². The summed E-state index contributed by atoms with van der Waals surface area (Å²) in [6.07, 6.45) is -1.000. The molecule has 5 nitrogen and oxygen atoms in total. The van der Waals surface area contributed by atoms with E-state index in [1.165, 1.54) is 7.11 Å². The Bertz CT molecular complexity index is 949. The van der Waals surface area contributed by atoms with E-state index < -0.39 is 12.1 Å². The molecule has 28 heavy (non-hydrogen) atoms. The highest BCUT2D eigenvalue weighted by molar-refractivity contribution is 5.89. The second kappa shape index (κ2) is 8.59. The van der Waals surface area contributed by atoms with Gasteiger partial charge >= 0.3 is 5.97 Å². The van der Waals surface area contributed by atoms with Gasteiger partial charge in [-0.25, -0.2) is 4.79 Å². The Kier molecular flexibility index (Phi) is 5.96. The third-order valence-electron chi connectivity index (χ3n) is 4.59. The Hall–Kier alpha value is -3.31. The molecule has 5 heteroatoms. The maximum atomic E-state index is 11.6. The summed E-state index contributed by atoms with van der Waals surface area (Å²) < 4.78 is 15.9. The lowest BCUT2D eigenvalue weighted by atomic mass is 9.94. The third kappa shape index (κ3) is 3.70. The van der Waals surface area contributed by atoms with Crippen LogP contribution in [0.15, 0.2) is 66.7 Å². The fourth-order valence-electron chi connectivity index (χ4n) is 3.17. The highest BCUT2D eigenvalue weighted by atomic mass is 16.5. The van der Waals surface area contributed by atoms with Crippen LogP contribution in [0.5, 0.6) is 11.5 Å². The number of methoxy groups -OCH3 is 3. The number of aliphatic hydroxyl groups excluding tert-OH is 1. The van der Waals surface area contributed by atoms with E-state index in [9.17, 15) is 9.90 Å². The van der Waals surface area contributed by atoms with Crippen LogP contribution in [0.2, 0.25) is 0 Å². The maximum absolute atomic E-state index is 11.6. The number of carbonyl (C=O) groups is 1. The zero-order valence-corrected chi connectivity index (χ0v) is 16.0. The van der Waals surface area contributed by atoms with Gasteiger partial charge in [-0.3, -0.25) is 0 Å². The van der Waals surface area contributed by atoms with Gasteiger partial charge in [-0.15, -0.1) is 0 Å². The van der Waals surface area contributed by atoms with Gasteiger partial charge in [0.15, 0.2) is 0 Å². The van der Waals surface area contributed by atoms with Gasteiger partial charge in [0.25, 0.3) is 0 Å². The molecule has 0 aromatic heterocycles. The van der Waals surface area contributed by atoms with Gasteiger partial charge in [0.2, 0.25) is 0 Å². The van der Waals surface area contributed by atoms with E-state index in [2.05, 4.69) is 0 Å². The molecule has 0 aliphatic carbocycles. The van der Waals surface area contributed by atoms with Crippen LogP contribution in [0.4, 0.5) is 0 Å². The van der Waals surface area contributed by atoms with E-state index in [1.807, 2.05) is 42.5 Å². The second-order valence-electron chi connectivity index (χ2n) is 6.14. The van der Waals surface area contributed by atoms with Crippen LogP contribution in [0.3, 0.4) is 0 Å². The smallest absolute Gasteiger partial charge is 0.337 e. The molecule has 0 saturated heterocycles. The van der Waals surface area contributed by atoms with Gasteiger partial charge in [-0.2, -0.15) is 0 Å². The summed E-state index contributed by atoms with van der Waals surface area (Å²) in [6, 6.07) is 20.1. The topological polar surface area (TPSA) is 65.0 Å². The molecule has 0 radical (unpaired) electrons. The van der Waals surface area contributed by atoms with Crippen molar-refractivity contribution in [2.24, 2.45) is 0 Å². The number of hydrogen-bond donors (Lipinski definition) is 1. The molecule has 0 heterocycles. The average Bonchev–Trinajstić information content (AvgIpc) is 2.77. The van der Waals surface area contributed by atoms with Crippen molar-refractivity contribution in [1.82, 2.24) is 0 Å². The Labute approximate surface area is 164 Å². The Morgan fingerprint density at radius 1 is 0.857 bits per heavy atom. The average molecular weight is 378 g/mol. The van der Waals surface area contributed by atoms with E-state index >= 15 is 0 Å². The number of esters is 1. The zero-order valence-electron chi connectivity index (χ0n) is 16.0. The number of aliphatic hydroxyl groups is 1. The standard InChI is InChI=1S/C23H22O5/c1-26-19-14-13-18(15-7-5-4-6-8-15)22(27-2)20(19)21(24)16-9-11-17(12-10-16)23(25)28-3/h4-14,21,24H,1-3H3. The first-order valence-corrected chi connectivity index (χ1v) is 8.77. The molecule has 144 valence electrons. The largest absolute Gasteiger partial charge is 0.496 e. The fraction of sp³-hybridized carbons (Fsp3) is 0.174. The molecule has 1 N–H and O–H groups in total. The van der Waals surface area contributed by atoms with Crippen molar-refractivity contribution in [2.45, 2.75) is 6.10 Å². The number of hydrogen-bond acceptors (Lipinski definition) is 5. The number of benzene rings is 3. The predicted molar refractivity (Wildman–Crippen MR) is 107 cm³/mol. The minimum absolute atomic E-state index is 0.412. The van der Waals surface area contributed by atoms with Crippen LogP contribution >= 0.6 is 0 Å². The normalized spacial score (nSPS) is 11.6. The summed E-state index contributed by atoms with van der Waals surface area (Å²) in [6.45, 7) is 0. The molecule has 0 aliphatic heterocycles. The fourth-order valence-corrected chi connectivity index (χ4v) is 3.17. The molecular weight excluding hydrogens is 356 g/mol. The highest BCUT2D eigenvalue weighted by Crippen LogP contribution is 2.43. The van der Waals surface area contributed by atoms with Gasteiger partial charge in [0.1, 0.15) is 17.6 Å². The van der Waals surface area contributed by atoms with Gasteiger partial charge in [0.05, 0.1) is 32.5 Å². The van der Waals surface area contributed by atoms with Crippen LogP contribution in [0, 0.1) is 0 Å². The van der Waals surface area contributed by atoms with Crippen molar-refractivity contribution < 1.29 is 24.1 Å². The van der Waals surface area contributed by atoms with Gasteiger partial charge in [-0.05, 0) is 35.4 Å². The second-order valence-corrected chi connectivity index (χ2v) is 6.14. The summed E-state index contributed by atoms with van der Waals surface area (Å²) in [5.74, 6) is 0.624. The summed E-state index contributed by atoms with van der Waals surface area (Å²) in [4.78, 5) is 11.6. The Morgan fingerprint density at radius 3 is 2.11 bits per heavy atom. The van der Waals surface area contributed by atoms with Gasteiger partial charge in [0, 0.05) is 5.56 Å². The molecule has 0 aliphatic rings. The molecule has 0 spiro atoms. The monoisotopic (exact) mass is 378 g/mol. The van der Waals surface area contributed by atoms with Crippen molar-refractivity contribution in [1.29, 1.82) is 0 Å². The van der Waals surface area contributed by atoms with E-state index in [1.54, 1.807) is 38.5 Å². The molecule has 3 rings (SSSR count). The molecule has 0 amide bonds. The molecule has 3 aromatic rings. The maximum Gasteiger partial charge on any atom is 0.337 e. The number of rotatable bonds is 6. The molecule has 1 unspecified atom stereocenters. The molecule has 0 bridgehead atoms. The summed E-state index contributed by atoms with van der Waals surface area (Å²) in [5, 5.41) is 11.1. The predicted octanol–water partition coefficient (Wildman–Crippen LogP) is 4.24. The summed E-state index contributed by atoms with van der Waals surface area (Å²) >= 11 is 0. The first-order chi connectivity index (χ1) is 13.6. The molecule has 1 atom stereocenters. The van der Waals surface area contributed by atoms with Crippen LogP contribution in [-0.4, -0.2) is 32.4 Å². The van der Waals surface area contributed by atoms with Crippen molar-refractivity contribution in [3.05, 3.63) is 83.4 Å². The highest BCUT2D eigenvalue weighted by Gasteiger charge is 2.24. The van der Waals surface area contributed by atoms with E-state index in [4.69, 9.17) is 14.2 Å². The van der Waals surface area contributed by atoms with Crippen molar-refractivity contribution in [3.63, 3.8) is 0 Å². The lowest BCUT2D eigenvalue weighted by Crippen LogP contribution is -2.07. The minimum Gasteiger partial charge on any atom is -0.496 e. The molecule has 0 saturated carbocycles. The van der Waals surface area contributed by atoms with Crippen molar-refractivity contribution in [2.75, 3.05) is 21.3 Å². The van der Waals surface area contributed by atoms with Gasteiger partial charge in [-0.1, -0.05) is 42.5 Å². The van der Waals surface area contributed by atoms with E-state index in [-0.39, 0.29) is 0 Å². The van der Waals surface area contributed by atoms with Crippen molar-refractivity contribution in [3.8, 4) is 22.6 Å². The van der Waals surface area contributed by atoms with Crippen LogP contribution in [0.25, 0.3) is 11.1 Å². The zero-order chi connectivity index (χ0) is 20.1. The first kappa shape index (κ1) is 19.5. The van der Waals surface area contributed by atoms with Gasteiger partial charge < -0.3 is 19.3 Å². The third-order valence-corrected chi connectivity index (χ3v) is 4.59. The van der Waals surface area contributed by atoms with Crippen molar-refractivity contribution >= 4 is 5.97 Å².